The van der Waals surface area contributed by atoms with Crippen LogP contribution in [0.4, 0.5) is 0 Å². The van der Waals surface area contributed by atoms with Crippen LogP contribution >= 0.6 is 0 Å². The van der Waals surface area contributed by atoms with Crippen LogP contribution in [0.5, 0.6) is 0 Å². The second-order valence-electron chi connectivity index (χ2n) is 20.6. The van der Waals surface area contributed by atoms with E-state index in [0.29, 0.717) is 19.3 Å². The minimum Gasteiger partial charge on any atom is -0.462 e. The smallest absolute Gasteiger partial charge is 0.306 e. The van der Waals surface area contributed by atoms with Crippen LogP contribution in [0.1, 0.15) is 316 Å². The Morgan fingerprint density at radius 2 is 0.507 bits per heavy atom. The number of unbranched alkanes of at least 4 members (excludes halogenated alkanes) is 35. The molecule has 0 heterocycles. The molecule has 0 aromatic rings. The highest BCUT2D eigenvalue weighted by molar-refractivity contribution is 5.71. The fourth-order valence-corrected chi connectivity index (χ4v) is 8.83. The van der Waals surface area contributed by atoms with Crippen LogP contribution in [0.3, 0.4) is 0 Å². The third-order valence-corrected chi connectivity index (χ3v) is 13.5. The van der Waals surface area contributed by atoms with Crippen molar-refractivity contribution < 1.29 is 28.6 Å². The van der Waals surface area contributed by atoms with Gasteiger partial charge in [0.15, 0.2) is 6.10 Å². The number of rotatable bonds is 56. The summed E-state index contributed by atoms with van der Waals surface area (Å²) in [6.45, 7) is 6.62. The van der Waals surface area contributed by atoms with Crippen molar-refractivity contribution in [3.63, 3.8) is 0 Å². The standard InChI is InChI=1S/C65H116O6/c1-4-7-10-13-16-19-22-24-26-28-30-31-32-33-34-35-36-38-39-41-43-46-49-52-55-58-64(67)70-61-62(60-69-63(66)57-54-51-48-45-21-18-15-12-9-6-3)71-65(68)59-56-53-50-47-44-42-40-37-29-27-25-23-20-17-14-11-8-5-2/h20,22-24,27-30,32-33,62H,4-19,21,25-26,31,34-61H2,1-3H3/b23-20-,24-22-,29-27-,30-28-,33-32-. The van der Waals surface area contributed by atoms with Gasteiger partial charge in [-0.2, -0.15) is 0 Å². The Bertz CT molecular complexity index is 1280. The van der Waals surface area contributed by atoms with Gasteiger partial charge in [0.2, 0.25) is 0 Å². The van der Waals surface area contributed by atoms with E-state index < -0.39 is 6.10 Å². The second kappa shape index (κ2) is 59.7. The van der Waals surface area contributed by atoms with Gasteiger partial charge in [-0.15, -0.1) is 0 Å². The Kier molecular flexibility index (Phi) is 57.2. The first-order valence-corrected chi connectivity index (χ1v) is 30.8. The molecule has 1 atom stereocenters. The van der Waals surface area contributed by atoms with Crippen molar-refractivity contribution in [2.24, 2.45) is 0 Å². The van der Waals surface area contributed by atoms with Crippen molar-refractivity contribution in [2.45, 2.75) is 322 Å². The van der Waals surface area contributed by atoms with Gasteiger partial charge in [0, 0.05) is 19.3 Å². The Labute approximate surface area is 440 Å². The molecule has 6 nitrogen and oxygen atoms in total. The third kappa shape index (κ3) is 57.9. The summed E-state index contributed by atoms with van der Waals surface area (Å²) in [4.78, 5) is 38.2. The fourth-order valence-electron chi connectivity index (χ4n) is 8.83. The van der Waals surface area contributed by atoms with Crippen molar-refractivity contribution in [1.29, 1.82) is 0 Å². The van der Waals surface area contributed by atoms with E-state index in [2.05, 4.69) is 81.5 Å². The zero-order valence-corrected chi connectivity index (χ0v) is 47.2. The van der Waals surface area contributed by atoms with E-state index in [1.807, 2.05) is 0 Å². The molecule has 0 aromatic heterocycles. The van der Waals surface area contributed by atoms with Crippen molar-refractivity contribution in [3.05, 3.63) is 60.8 Å². The molecular weight excluding hydrogens is 877 g/mol. The average Bonchev–Trinajstić information content (AvgIpc) is 3.37. The number of carbonyl (C=O) groups is 3. The number of allylic oxidation sites excluding steroid dienone is 10. The quantitative estimate of drug-likeness (QED) is 0.0261. The predicted molar refractivity (Wildman–Crippen MR) is 307 cm³/mol. The molecular formula is C65H116O6. The molecule has 0 saturated heterocycles. The van der Waals surface area contributed by atoms with Crippen molar-refractivity contribution >= 4 is 17.9 Å². The van der Waals surface area contributed by atoms with Crippen molar-refractivity contribution in [3.8, 4) is 0 Å². The lowest BCUT2D eigenvalue weighted by Crippen LogP contribution is -2.30. The number of carbonyl (C=O) groups excluding carboxylic acids is 3. The second-order valence-corrected chi connectivity index (χ2v) is 20.6. The number of ether oxygens (including phenoxy) is 3. The van der Waals surface area contributed by atoms with Crippen LogP contribution in [0, 0.1) is 0 Å². The van der Waals surface area contributed by atoms with E-state index in [1.54, 1.807) is 0 Å². The predicted octanol–water partition coefficient (Wildman–Crippen LogP) is 20.8. The summed E-state index contributed by atoms with van der Waals surface area (Å²) in [6, 6.07) is 0. The van der Waals surface area contributed by atoms with Crippen molar-refractivity contribution in [2.75, 3.05) is 13.2 Å². The summed E-state index contributed by atoms with van der Waals surface area (Å²) in [7, 11) is 0. The average molecular weight is 994 g/mol. The van der Waals surface area contributed by atoms with Gasteiger partial charge >= 0.3 is 17.9 Å². The highest BCUT2D eigenvalue weighted by Gasteiger charge is 2.19. The summed E-state index contributed by atoms with van der Waals surface area (Å²) >= 11 is 0. The molecule has 0 aromatic carbocycles. The SMILES string of the molecule is CCCCCC/C=C\C/C=C\CCCCCCCCCC(=O)OC(COC(=O)CCCCCCCCCCCC)COC(=O)CCCCCCCCCCCC/C=C\C/C=C\C/C=C\CCCCCCC. The molecule has 6 heteroatoms. The monoisotopic (exact) mass is 993 g/mol. The molecule has 0 radical (unpaired) electrons. The van der Waals surface area contributed by atoms with Gasteiger partial charge in [-0.3, -0.25) is 14.4 Å². The molecule has 412 valence electrons. The zero-order chi connectivity index (χ0) is 51.4. The first-order chi connectivity index (χ1) is 35.0. The molecule has 0 N–H and O–H groups in total. The van der Waals surface area contributed by atoms with Gasteiger partial charge in [0.25, 0.3) is 0 Å². The van der Waals surface area contributed by atoms with Gasteiger partial charge in [-0.1, -0.05) is 268 Å². The van der Waals surface area contributed by atoms with E-state index in [1.165, 1.54) is 193 Å². The summed E-state index contributed by atoms with van der Waals surface area (Å²) in [5, 5.41) is 0. The number of hydrogen-bond acceptors (Lipinski definition) is 6. The van der Waals surface area contributed by atoms with E-state index in [0.717, 1.165) is 83.5 Å². The molecule has 71 heavy (non-hydrogen) atoms. The van der Waals surface area contributed by atoms with Gasteiger partial charge in [0.05, 0.1) is 0 Å². The maximum atomic E-state index is 12.9. The molecule has 0 aliphatic carbocycles. The minimum atomic E-state index is -0.778. The van der Waals surface area contributed by atoms with Gasteiger partial charge in [-0.25, -0.2) is 0 Å². The van der Waals surface area contributed by atoms with E-state index >= 15 is 0 Å². The maximum absolute atomic E-state index is 12.9. The Balaban J connectivity index is 4.26. The lowest BCUT2D eigenvalue weighted by atomic mass is 10.1. The molecule has 0 amide bonds. The lowest BCUT2D eigenvalue weighted by molar-refractivity contribution is -0.167. The highest BCUT2D eigenvalue weighted by Crippen LogP contribution is 2.16. The largest absolute Gasteiger partial charge is 0.462 e. The normalized spacial score (nSPS) is 12.4. The topological polar surface area (TPSA) is 78.9 Å². The molecule has 0 aliphatic rings. The molecule has 0 rings (SSSR count). The van der Waals surface area contributed by atoms with Gasteiger partial charge in [-0.05, 0) is 89.9 Å². The first-order valence-electron chi connectivity index (χ1n) is 30.8. The van der Waals surface area contributed by atoms with Crippen LogP contribution in [0.15, 0.2) is 60.8 Å². The minimum absolute atomic E-state index is 0.0761. The third-order valence-electron chi connectivity index (χ3n) is 13.5. The Morgan fingerprint density at radius 3 is 0.803 bits per heavy atom. The van der Waals surface area contributed by atoms with Crippen LogP contribution in [0.2, 0.25) is 0 Å². The Hall–Kier alpha value is -2.89. The summed E-state index contributed by atoms with van der Waals surface area (Å²) < 4.78 is 16.9. The highest BCUT2D eigenvalue weighted by atomic mass is 16.6. The molecule has 0 fully saturated rings. The molecule has 0 spiro atoms. The summed E-state index contributed by atoms with van der Waals surface area (Å²) in [5.41, 5.74) is 0. The summed E-state index contributed by atoms with van der Waals surface area (Å²) in [6.07, 6.45) is 75.1. The molecule has 0 aliphatic heterocycles. The van der Waals surface area contributed by atoms with Crippen LogP contribution < -0.4 is 0 Å². The van der Waals surface area contributed by atoms with Crippen LogP contribution in [0.25, 0.3) is 0 Å². The number of hydrogen-bond donors (Lipinski definition) is 0. The van der Waals surface area contributed by atoms with Crippen LogP contribution in [-0.4, -0.2) is 37.2 Å². The van der Waals surface area contributed by atoms with Gasteiger partial charge < -0.3 is 14.2 Å². The van der Waals surface area contributed by atoms with E-state index in [9.17, 15) is 14.4 Å². The maximum Gasteiger partial charge on any atom is 0.306 e. The first kappa shape index (κ1) is 68.1. The lowest BCUT2D eigenvalue weighted by Gasteiger charge is -2.18. The fraction of sp³-hybridized carbons (Fsp3) is 0.800. The molecule has 1 unspecified atom stereocenters. The van der Waals surface area contributed by atoms with Gasteiger partial charge in [0.1, 0.15) is 13.2 Å². The summed E-state index contributed by atoms with van der Waals surface area (Å²) in [5.74, 6) is -0.876. The number of esters is 3. The Morgan fingerprint density at radius 1 is 0.282 bits per heavy atom. The molecule has 0 bridgehead atoms. The van der Waals surface area contributed by atoms with E-state index in [4.69, 9.17) is 14.2 Å². The van der Waals surface area contributed by atoms with E-state index in [-0.39, 0.29) is 31.1 Å². The molecule has 0 saturated carbocycles. The zero-order valence-electron chi connectivity index (χ0n) is 47.2. The van der Waals surface area contributed by atoms with Crippen LogP contribution in [-0.2, 0) is 28.6 Å². The van der Waals surface area contributed by atoms with Crippen molar-refractivity contribution in [1.82, 2.24) is 0 Å².